The van der Waals surface area contributed by atoms with Crippen LogP contribution in [0.2, 0.25) is 0 Å². The van der Waals surface area contributed by atoms with Crippen molar-refractivity contribution < 1.29 is 18.3 Å². The maximum absolute atomic E-state index is 12.7. The lowest BCUT2D eigenvalue weighted by Crippen LogP contribution is -2.38. The Morgan fingerprint density at radius 2 is 2.00 bits per heavy atom. The third kappa shape index (κ3) is 2.67. The number of halogens is 3. The Balaban J connectivity index is 2.42. The summed E-state index contributed by atoms with van der Waals surface area (Å²) in [6.07, 6.45) is -4.05. The molecule has 2 heterocycles. The highest BCUT2D eigenvalue weighted by molar-refractivity contribution is 5.45. The third-order valence-corrected chi connectivity index (χ3v) is 3.08. The van der Waals surface area contributed by atoms with Gasteiger partial charge in [-0.2, -0.15) is 17.7 Å². The number of aromatic nitrogens is 4. The quantitative estimate of drug-likeness (QED) is 0.896. The minimum atomic E-state index is -4.63. The number of hydrogen-bond donors (Lipinski definition) is 2. The maximum atomic E-state index is 12.7. The van der Waals surface area contributed by atoms with Crippen LogP contribution in [0, 0.1) is 0 Å². The van der Waals surface area contributed by atoms with Gasteiger partial charge in [-0.05, 0) is 25.5 Å². The molecule has 2 aromatic rings. The predicted molar refractivity (Wildman–Crippen MR) is 65.2 cm³/mol. The predicted octanol–water partition coefficient (Wildman–Crippen LogP) is 1.72. The molecule has 2 N–H and O–H groups in total. The molecule has 6 nitrogen and oxygen atoms in total. The van der Waals surface area contributed by atoms with Crippen LogP contribution in [0.5, 0.6) is 0 Å². The zero-order chi connectivity index (χ0) is 15.0. The topological polar surface area (TPSA) is 75.3 Å². The molecule has 0 amide bonds. The van der Waals surface area contributed by atoms with Crippen molar-refractivity contribution >= 4 is 11.5 Å². The first kappa shape index (κ1) is 14.5. The molecule has 0 aromatic carbocycles. The third-order valence-electron chi connectivity index (χ3n) is 3.08. The smallest absolute Gasteiger partial charge is 0.394 e. The molecule has 1 unspecified atom stereocenters. The van der Waals surface area contributed by atoms with Gasteiger partial charge in [-0.1, -0.05) is 6.92 Å². The molecule has 2 aromatic heterocycles. The molecule has 0 fully saturated rings. The van der Waals surface area contributed by atoms with E-state index in [9.17, 15) is 18.3 Å². The minimum Gasteiger partial charge on any atom is -0.394 e. The first-order valence-corrected chi connectivity index (χ1v) is 5.98. The number of aliphatic hydroxyl groups excluding tert-OH is 1. The molecule has 0 aliphatic heterocycles. The second-order valence-corrected chi connectivity index (χ2v) is 4.71. The van der Waals surface area contributed by atoms with Gasteiger partial charge in [-0.3, -0.25) is 0 Å². The number of alkyl halides is 3. The van der Waals surface area contributed by atoms with Crippen molar-refractivity contribution in [1.82, 2.24) is 19.8 Å². The largest absolute Gasteiger partial charge is 0.453 e. The van der Waals surface area contributed by atoms with Crippen molar-refractivity contribution in [2.24, 2.45) is 0 Å². The normalized spacial score (nSPS) is 15.3. The fourth-order valence-electron chi connectivity index (χ4n) is 1.58. The number of nitrogens with zero attached hydrogens (tertiary/aromatic N) is 4. The number of fused-ring (bicyclic) bond motifs is 1. The molecule has 0 radical (unpaired) electrons. The molecular weight excluding hydrogens is 275 g/mol. The van der Waals surface area contributed by atoms with Crippen LogP contribution in [0.1, 0.15) is 26.1 Å². The summed E-state index contributed by atoms with van der Waals surface area (Å²) in [5.74, 6) is -0.973. The van der Waals surface area contributed by atoms with Crippen molar-refractivity contribution in [3.63, 3.8) is 0 Å². The van der Waals surface area contributed by atoms with Gasteiger partial charge in [0.05, 0.1) is 12.1 Å². The van der Waals surface area contributed by atoms with Crippen LogP contribution in [0.25, 0.3) is 5.65 Å². The SMILES string of the molecule is CCC(C)(CO)Nc1ccc2nnc(C(F)(F)F)n2n1. The second-order valence-electron chi connectivity index (χ2n) is 4.71. The molecule has 0 saturated carbocycles. The van der Waals surface area contributed by atoms with E-state index in [2.05, 4.69) is 20.6 Å². The molecule has 20 heavy (non-hydrogen) atoms. The fourth-order valence-corrected chi connectivity index (χ4v) is 1.58. The molecule has 0 bridgehead atoms. The molecule has 0 spiro atoms. The van der Waals surface area contributed by atoms with Crippen LogP contribution in [0.4, 0.5) is 19.0 Å². The van der Waals surface area contributed by atoms with Crippen molar-refractivity contribution in [2.75, 3.05) is 11.9 Å². The molecule has 2 rings (SSSR count). The first-order valence-electron chi connectivity index (χ1n) is 5.98. The Kier molecular flexibility index (Phi) is 3.55. The van der Waals surface area contributed by atoms with Gasteiger partial charge in [0.15, 0.2) is 5.65 Å². The summed E-state index contributed by atoms with van der Waals surface area (Å²) < 4.78 is 38.8. The van der Waals surface area contributed by atoms with E-state index in [1.165, 1.54) is 12.1 Å². The monoisotopic (exact) mass is 289 g/mol. The molecule has 110 valence electrons. The molecule has 0 aliphatic carbocycles. The number of aliphatic hydroxyl groups is 1. The lowest BCUT2D eigenvalue weighted by molar-refractivity contribution is -0.146. The van der Waals surface area contributed by atoms with Gasteiger partial charge in [-0.15, -0.1) is 15.3 Å². The summed E-state index contributed by atoms with van der Waals surface area (Å²) in [5, 5.41) is 22.6. The van der Waals surface area contributed by atoms with E-state index in [1.807, 2.05) is 6.92 Å². The summed E-state index contributed by atoms with van der Waals surface area (Å²) in [5.41, 5.74) is -0.655. The number of nitrogens with one attached hydrogen (secondary N) is 1. The van der Waals surface area contributed by atoms with Crippen LogP contribution < -0.4 is 5.32 Å². The van der Waals surface area contributed by atoms with E-state index in [1.54, 1.807) is 6.92 Å². The summed E-state index contributed by atoms with van der Waals surface area (Å²) in [7, 11) is 0. The van der Waals surface area contributed by atoms with E-state index in [0.717, 1.165) is 0 Å². The second kappa shape index (κ2) is 4.89. The Hall–Kier alpha value is -1.90. The van der Waals surface area contributed by atoms with E-state index in [4.69, 9.17) is 0 Å². The minimum absolute atomic E-state index is 0.00470. The van der Waals surface area contributed by atoms with Crippen molar-refractivity contribution in [2.45, 2.75) is 32.0 Å². The Labute approximate surface area is 112 Å². The summed E-state index contributed by atoms with van der Waals surface area (Å²) >= 11 is 0. The number of hydrogen-bond acceptors (Lipinski definition) is 5. The van der Waals surface area contributed by atoms with Crippen molar-refractivity contribution in [3.8, 4) is 0 Å². The average Bonchev–Trinajstić information content (AvgIpc) is 2.81. The van der Waals surface area contributed by atoms with E-state index in [0.29, 0.717) is 10.9 Å². The van der Waals surface area contributed by atoms with E-state index >= 15 is 0 Å². The highest BCUT2D eigenvalue weighted by Crippen LogP contribution is 2.27. The highest BCUT2D eigenvalue weighted by Gasteiger charge is 2.37. The zero-order valence-electron chi connectivity index (χ0n) is 10.9. The Morgan fingerprint density at radius 1 is 1.30 bits per heavy atom. The molecule has 9 heteroatoms. The van der Waals surface area contributed by atoms with E-state index < -0.39 is 17.5 Å². The summed E-state index contributed by atoms with van der Waals surface area (Å²) in [6.45, 7) is 3.43. The Bertz CT molecular complexity index is 606. The maximum Gasteiger partial charge on any atom is 0.453 e. The van der Waals surface area contributed by atoms with Crippen LogP contribution >= 0.6 is 0 Å². The van der Waals surface area contributed by atoms with Gasteiger partial charge >= 0.3 is 6.18 Å². The van der Waals surface area contributed by atoms with Gasteiger partial charge in [-0.25, -0.2) is 0 Å². The fraction of sp³-hybridized carbons (Fsp3) is 0.545. The molecule has 1 atom stereocenters. The van der Waals surface area contributed by atoms with Crippen molar-refractivity contribution in [1.29, 1.82) is 0 Å². The van der Waals surface area contributed by atoms with Gasteiger partial charge in [0.1, 0.15) is 5.82 Å². The lowest BCUT2D eigenvalue weighted by atomic mass is 10.0. The van der Waals surface area contributed by atoms with Crippen LogP contribution in [0.3, 0.4) is 0 Å². The van der Waals surface area contributed by atoms with Gasteiger partial charge in [0.2, 0.25) is 0 Å². The zero-order valence-corrected chi connectivity index (χ0v) is 10.9. The lowest BCUT2D eigenvalue weighted by Gasteiger charge is -2.27. The average molecular weight is 289 g/mol. The van der Waals surface area contributed by atoms with E-state index in [-0.39, 0.29) is 18.1 Å². The van der Waals surface area contributed by atoms with Crippen molar-refractivity contribution in [3.05, 3.63) is 18.0 Å². The number of anilines is 1. The van der Waals surface area contributed by atoms with Crippen LogP contribution in [-0.4, -0.2) is 37.1 Å². The molecule has 0 saturated heterocycles. The van der Waals surface area contributed by atoms with Gasteiger partial charge in [0.25, 0.3) is 5.82 Å². The summed E-state index contributed by atoms with van der Waals surface area (Å²) in [4.78, 5) is 0. The number of rotatable bonds is 4. The van der Waals surface area contributed by atoms with Gasteiger partial charge < -0.3 is 10.4 Å². The Morgan fingerprint density at radius 3 is 2.55 bits per heavy atom. The van der Waals surface area contributed by atoms with Gasteiger partial charge in [0, 0.05) is 0 Å². The molecular formula is C11H14F3N5O. The highest BCUT2D eigenvalue weighted by atomic mass is 19.4. The summed E-state index contributed by atoms with van der Waals surface area (Å²) in [6, 6.07) is 2.87. The molecule has 0 aliphatic rings. The van der Waals surface area contributed by atoms with Crippen LogP contribution in [-0.2, 0) is 6.18 Å². The standard InChI is InChI=1S/C11H14F3N5O/c1-3-10(2,6-20)15-7-4-5-8-16-17-9(11(12,13)14)19(8)18-7/h4-5,20H,3,6H2,1-2H3,(H,15,18). The van der Waals surface area contributed by atoms with Crippen LogP contribution in [0.15, 0.2) is 12.1 Å². The first-order chi connectivity index (χ1) is 9.29.